The third-order valence-electron chi connectivity index (χ3n) is 4.37. The quantitative estimate of drug-likeness (QED) is 0.746. The second kappa shape index (κ2) is 8.47. The molecule has 1 aromatic rings. The van der Waals surface area contributed by atoms with E-state index in [1.165, 1.54) is 0 Å². The Morgan fingerprint density at radius 1 is 1.08 bits per heavy atom. The number of carboxylic acid groups (broad SMARTS) is 1. The number of amides is 2. The first kappa shape index (κ1) is 18.0. The Bertz CT molecular complexity index is 598. The summed E-state index contributed by atoms with van der Waals surface area (Å²) in [5, 5.41) is 14.8. The highest BCUT2D eigenvalue weighted by Gasteiger charge is 2.35. The smallest absolute Gasteiger partial charge is 0.307 e. The third kappa shape index (κ3) is 4.57. The Morgan fingerprint density at radius 2 is 1.71 bits per heavy atom. The van der Waals surface area contributed by atoms with Crippen LogP contribution in [0, 0.1) is 11.8 Å². The Morgan fingerprint density at radius 3 is 2.29 bits per heavy atom. The van der Waals surface area contributed by atoms with Crippen LogP contribution in [-0.2, 0) is 9.59 Å². The lowest BCUT2D eigenvalue weighted by atomic mass is 9.78. The maximum Gasteiger partial charge on any atom is 0.307 e. The van der Waals surface area contributed by atoms with Crippen molar-refractivity contribution >= 4 is 23.5 Å². The van der Waals surface area contributed by atoms with Crippen LogP contribution in [0.2, 0.25) is 0 Å². The highest BCUT2D eigenvalue weighted by molar-refractivity contribution is 5.97. The summed E-state index contributed by atoms with van der Waals surface area (Å²) in [6, 6.07) is 6.63. The number of carbonyl (C=O) groups is 3. The van der Waals surface area contributed by atoms with Crippen LogP contribution in [0.25, 0.3) is 0 Å². The molecule has 0 unspecified atom stereocenters. The van der Waals surface area contributed by atoms with Crippen molar-refractivity contribution in [1.29, 1.82) is 0 Å². The zero-order chi connectivity index (χ0) is 17.5. The number of nitrogens with one attached hydrogen (secondary N) is 2. The minimum absolute atomic E-state index is 0.145. The van der Waals surface area contributed by atoms with E-state index in [2.05, 4.69) is 10.6 Å². The molecule has 1 aliphatic carbocycles. The minimum atomic E-state index is -0.905. The van der Waals surface area contributed by atoms with E-state index >= 15 is 0 Å². The van der Waals surface area contributed by atoms with Crippen molar-refractivity contribution in [3.05, 3.63) is 29.8 Å². The summed E-state index contributed by atoms with van der Waals surface area (Å²) in [6.45, 7) is 2.60. The van der Waals surface area contributed by atoms with E-state index in [0.29, 0.717) is 30.6 Å². The molecule has 130 valence electrons. The molecule has 0 radical (unpaired) electrons. The van der Waals surface area contributed by atoms with Crippen molar-refractivity contribution in [2.45, 2.75) is 39.0 Å². The summed E-state index contributed by atoms with van der Waals surface area (Å²) in [5.41, 5.74) is 1.10. The molecule has 1 fully saturated rings. The molecule has 2 amide bonds. The number of carboxylic acids is 1. The summed E-state index contributed by atoms with van der Waals surface area (Å²) >= 11 is 0. The molecule has 0 spiro atoms. The monoisotopic (exact) mass is 332 g/mol. The second-order valence-corrected chi connectivity index (χ2v) is 6.16. The molecule has 0 bridgehead atoms. The average Bonchev–Trinajstić information content (AvgIpc) is 2.60. The lowest BCUT2D eigenvalue weighted by molar-refractivity contribution is -0.147. The first-order valence-electron chi connectivity index (χ1n) is 8.45. The number of benzene rings is 1. The first-order chi connectivity index (χ1) is 11.5. The first-order valence-corrected chi connectivity index (χ1v) is 8.45. The zero-order valence-electron chi connectivity index (χ0n) is 13.9. The lowest BCUT2D eigenvalue weighted by Crippen LogP contribution is -2.36. The predicted octanol–water partition coefficient (Wildman–Crippen LogP) is 2.66. The standard InChI is InChI=1S/C18H24N2O4/c1-2-11-19-16(21)12-7-9-13(10-8-12)20-17(22)14-5-3-4-6-15(14)18(23)24/h7-10,14-15H,2-6,11H2,1H3,(H,19,21)(H,20,22)(H,23,24)/t14-,15+/m1/s1. The van der Waals surface area contributed by atoms with E-state index in [9.17, 15) is 19.5 Å². The van der Waals surface area contributed by atoms with Gasteiger partial charge >= 0.3 is 5.97 Å². The van der Waals surface area contributed by atoms with Gasteiger partial charge < -0.3 is 15.7 Å². The maximum absolute atomic E-state index is 12.4. The SMILES string of the molecule is CCCNC(=O)c1ccc(NC(=O)[C@@H]2CCCC[C@@H]2C(=O)O)cc1. The van der Waals surface area contributed by atoms with Crippen LogP contribution in [0.4, 0.5) is 5.69 Å². The van der Waals surface area contributed by atoms with Crippen LogP contribution in [0.3, 0.4) is 0 Å². The molecule has 0 aliphatic heterocycles. The molecule has 3 N–H and O–H groups in total. The largest absolute Gasteiger partial charge is 0.481 e. The topological polar surface area (TPSA) is 95.5 Å². The van der Waals surface area contributed by atoms with Gasteiger partial charge in [-0.3, -0.25) is 14.4 Å². The summed E-state index contributed by atoms with van der Waals surface area (Å²) in [6.07, 6.45) is 3.73. The number of aliphatic carboxylic acids is 1. The van der Waals surface area contributed by atoms with E-state index in [-0.39, 0.29) is 11.8 Å². The van der Waals surface area contributed by atoms with Crippen molar-refractivity contribution in [2.75, 3.05) is 11.9 Å². The van der Waals surface area contributed by atoms with E-state index in [4.69, 9.17) is 0 Å². The molecule has 2 rings (SSSR count). The van der Waals surface area contributed by atoms with Gasteiger partial charge in [0.05, 0.1) is 11.8 Å². The summed E-state index contributed by atoms with van der Waals surface area (Å²) < 4.78 is 0. The Labute approximate surface area is 141 Å². The number of anilines is 1. The fraction of sp³-hybridized carbons (Fsp3) is 0.500. The molecule has 2 atom stereocenters. The number of rotatable bonds is 6. The van der Waals surface area contributed by atoms with Crippen molar-refractivity contribution in [1.82, 2.24) is 5.32 Å². The number of hydrogen-bond donors (Lipinski definition) is 3. The normalized spacial score (nSPS) is 20.2. The van der Waals surface area contributed by atoms with Crippen molar-refractivity contribution in [2.24, 2.45) is 11.8 Å². The van der Waals surface area contributed by atoms with Gasteiger partial charge in [-0.25, -0.2) is 0 Å². The Kier molecular flexibility index (Phi) is 6.35. The Hall–Kier alpha value is -2.37. The molecule has 0 heterocycles. The van der Waals surface area contributed by atoms with Crippen molar-refractivity contribution in [3.8, 4) is 0 Å². The van der Waals surface area contributed by atoms with Crippen LogP contribution in [0.15, 0.2) is 24.3 Å². The zero-order valence-corrected chi connectivity index (χ0v) is 13.9. The highest BCUT2D eigenvalue weighted by Crippen LogP contribution is 2.31. The van der Waals surface area contributed by atoms with Crippen LogP contribution in [0.5, 0.6) is 0 Å². The predicted molar refractivity (Wildman–Crippen MR) is 90.8 cm³/mol. The summed E-state index contributed by atoms with van der Waals surface area (Å²) in [4.78, 5) is 35.5. The fourth-order valence-corrected chi connectivity index (χ4v) is 3.02. The van der Waals surface area contributed by atoms with Gasteiger partial charge in [-0.1, -0.05) is 19.8 Å². The molecule has 1 saturated carbocycles. The highest BCUT2D eigenvalue weighted by atomic mass is 16.4. The Balaban J connectivity index is 1.98. The minimum Gasteiger partial charge on any atom is -0.481 e. The summed E-state index contributed by atoms with van der Waals surface area (Å²) in [5.74, 6) is -2.42. The van der Waals surface area contributed by atoms with Crippen LogP contribution in [-0.4, -0.2) is 29.4 Å². The lowest BCUT2D eigenvalue weighted by Gasteiger charge is -2.27. The maximum atomic E-state index is 12.4. The molecule has 0 aromatic heterocycles. The molecule has 6 nitrogen and oxygen atoms in total. The van der Waals surface area contributed by atoms with E-state index in [1.807, 2.05) is 6.92 Å². The summed E-state index contributed by atoms with van der Waals surface area (Å²) in [7, 11) is 0. The molecule has 1 aromatic carbocycles. The number of hydrogen-bond acceptors (Lipinski definition) is 3. The third-order valence-corrected chi connectivity index (χ3v) is 4.37. The molecule has 1 aliphatic rings. The van der Waals surface area contributed by atoms with Gasteiger partial charge in [0.15, 0.2) is 0 Å². The van der Waals surface area contributed by atoms with Crippen LogP contribution < -0.4 is 10.6 Å². The van der Waals surface area contributed by atoms with Gasteiger partial charge in [-0.2, -0.15) is 0 Å². The van der Waals surface area contributed by atoms with Crippen LogP contribution >= 0.6 is 0 Å². The fourth-order valence-electron chi connectivity index (χ4n) is 3.02. The molecular formula is C18H24N2O4. The van der Waals surface area contributed by atoms with Crippen LogP contribution in [0.1, 0.15) is 49.4 Å². The van der Waals surface area contributed by atoms with E-state index in [1.54, 1.807) is 24.3 Å². The van der Waals surface area contributed by atoms with E-state index in [0.717, 1.165) is 19.3 Å². The van der Waals surface area contributed by atoms with Gasteiger partial charge in [0.2, 0.25) is 5.91 Å². The molecule has 6 heteroatoms. The van der Waals surface area contributed by atoms with E-state index < -0.39 is 17.8 Å². The van der Waals surface area contributed by atoms with Gasteiger partial charge in [0.25, 0.3) is 5.91 Å². The van der Waals surface area contributed by atoms with Gasteiger partial charge in [-0.05, 0) is 43.5 Å². The van der Waals surface area contributed by atoms with Gasteiger partial charge in [-0.15, -0.1) is 0 Å². The molecular weight excluding hydrogens is 308 g/mol. The van der Waals surface area contributed by atoms with Gasteiger partial charge in [0.1, 0.15) is 0 Å². The average molecular weight is 332 g/mol. The van der Waals surface area contributed by atoms with Gasteiger partial charge in [0, 0.05) is 17.8 Å². The van der Waals surface area contributed by atoms with Crippen molar-refractivity contribution in [3.63, 3.8) is 0 Å². The second-order valence-electron chi connectivity index (χ2n) is 6.16. The molecule has 0 saturated heterocycles. The molecule has 24 heavy (non-hydrogen) atoms. The number of carbonyl (C=O) groups excluding carboxylic acids is 2. The van der Waals surface area contributed by atoms with Crippen molar-refractivity contribution < 1.29 is 19.5 Å².